The second-order valence-electron chi connectivity index (χ2n) is 3.92. The zero-order chi connectivity index (χ0) is 13.7. The molecule has 0 bridgehead atoms. The van der Waals surface area contributed by atoms with Crippen LogP contribution in [-0.2, 0) is 0 Å². The molecule has 2 N–H and O–H groups in total. The minimum atomic E-state index is -0.271. The van der Waals surface area contributed by atoms with Gasteiger partial charge >= 0.3 is 0 Å². The van der Waals surface area contributed by atoms with Crippen LogP contribution in [0.25, 0.3) is 0 Å². The Labute approximate surface area is 120 Å². The summed E-state index contributed by atoms with van der Waals surface area (Å²) in [5, 5.41) is 0. The SMILES string of the molecule is COc1ccccc1C(CN)Oc1cncc(Br)c1. The summed E-state index contributed by atoms with van der Waals surface area (Å²) in [5.41, 5.74) is 6.73. The largest absolute Gasteiger partial charge is 0.496 e. The summed E-state index contributed by atoms with van der Waals surface area (Å²) in [6, 6.07) is 9.53. The predicted molar refractivity (Wildman–Crippen MR) is 77.4 cm³/mol. The number of halogens is 1. The molecule has 4 nitrogen and oxygen atoms in total. The number of hydrogen-bond acceptors (Lipinski definition) is 4. The van der Waals surface area contributed by atoms with Gasteiger partial charge in [-0.05, 0) is 28.1 Å². The fourth-order valence-electron chi connectivity index (χ4n) is 1.79. The first kappa shape index (κ1) is 13.8. The molecule has 1 heterocycles. The van der Waals surface area contributed by atoms with Gasteiger partial charge in [0.2, 0.25) is 0 Å². The van der Waals surface area contributed by atoms with E-state index in [1.54, 1.807) is 19.5 Å². The standard InChI is InChI=1S/C14H15BrN2O2/c1-18-13-5-3-2-4-12(13)14(7-16)19-11-6-10(15)8-17-9-11/h2-6,8-9,14H,7,16H2,1H3. The van der Waals surface area contributed by atoms with Crippen LogP contribution < -0.4 is 15.2 Å². The lowest BCUT2D eigenvalue weighted by atomic mass is 10.1. The highest BCUT2D eigenvalue weighted by Gasteiger charge is 2.16. The molecule has 2 aromatic rings. The molecule has 1 atom stereocenters. The monoisotopic (exact) mass is 322 g/mol. The van der Waals surface area contributed by atoms with Crippen molar-refractivity contribution in [2.24, 2.45) is 5.73 Å². The lowest BCUT2D eigenvalue weighted by Gasteiger charge is -2.19. The molecule has 0 fully saturated rings. The number of methoxy groups -OCH3 is 1. The van der Waals surface area contributed by atoms with E-state index in [1.165, 1.54) is 0 Å². The lowest BCUT2D eigenvalue weighted by Crippen LogP contribution is -2.19. The van der Waals surface area contributed by atoms with Gasteiger partial charge in [0, 0.05) is 22.8 Å². The lowest BCUT2D eigenvalue weighted by molar-refractivity contribution is 0.208. The number of rotatable bonds is 5. The van der Waals surface area contributed by atoms with Crippen molar-refractivity contribution in [2.45, 2.75) is 6.10 Å². The van der Waals surface area contributed by atoms with Gasteiger partial charge in [-0.15, -0.1) is 0 Å². The Morgan fingerprint density at radius 2 is 2.11 bits per heavy atom. The molecule has 1 unspecified atom stereocenters. The van der Waals surface area contributed by atoms with E-state index in [2.05, 4.69) is 20.9 Å². The van der Waals surface area contributed by atoms with Crippen molar-refractivity contribution in [1.82, 2.24) is 4.98 Å². The number of nitrogens with two attached hydrogens (primary N) is 1. The normalized spacial score (nSPS) is 11.9. The van der Waals surface area contributed by atoms with Crippen LogP contribution in [0.5, 0.6) is 11.5 Å². The van der Waals surface area contributed by atoms with Crippen LogP contribution in [0.1, 0.15) is 11.7 Å². The molecule has 0 radical (unpaired) electrons. The Bertz CT molecular complexity index is 548. The molecule has 2 rings (SSSR count). The Hall–Kier alpha value is -1.59. The van der Waals surface area contributed by atoms with Crippen molar-refractivity contribution in [3.05, 3.63) is 52.8 Å². The number of pyridine rings is 1. The predicted octanol–water partition coefficient (Wildman–Crippen LogP) is 2.93. The number of aromatic nitrogens is 1. The molecule has 1 aromatic carbocycles. The molecule has 0 aliphatic rings. The minimum absolute atomic E-state index is 0.271. The van der Waals surface area contributed by atoms with Crippen molar-refractivity contribution >= 4 is 15.9 Å². The first-order chi connectivity index (χ1) is 9.24. The third kappa shape index (κ3) is 3.45. The summed E-state index contributed by atoms with van der Waals surface area (Å²) < 4.78 is 12.1. The van der Waals surface area contributed by atoms with E-state index in [0.717, 1.165) is 15.8 Å². The van der Waals surface area contributed by atoms with Gasteiger partial charge in [-0.25, -0.2) is 0 Å². The van der Waals surface area contributed by atoms with Crippen LogP contribution in [0.4, 0.5) is 0 Å². The Kier molecular flexibility index (Phi) is 4.76. The Morgan fingerprint density at radius 1 is 1.32 bits per heavy atom. The smallest absolute Gasteiger partial charge is 0.140 e. The van der Waals surface area contributed by atoms with Gasteiger partial charge in [0.25, 0.3) is 0 Å². The molecule has 0 aliphatic heterocycles. The summed E-state index contributed by atoms with van der Waals surface area (Å²) in [7, 11) is 1.63. The maximum Gasteiger partial charge on any atom is 0.140 e. The summed E-state index contributed by atoms with van der Waals surface area (Å²) in [4.78, 5) is 4.06. The molecule has 0 aliphatic carbocycles. The number of benzene rings is 1. The quantitative estimate of drug-likeness (QED) is 0.919. The number of para-hydroxylation sites is 1. The summed E-state index contributed by atoms with van der Waals surface area (Å²) in [6.45, 7) is 0.354. The van der Waals surface area contributed by atoms with Gasteiger partial charge in [0.15, 0.2) is 0 Å². The van der Waals surface area contributed by atoms with Gasteiger partial charge in [0.05, 0.1) is 13.3 Å². The highest BCUT2D eigenvalue weighted by Crippen LogP contribution is 2.29. The van der Waals surface area contributed by atoms with Crippen molar-refractivity contribution in [3.63, 3.8) is 0 Å². The van der Waals surface area contributed by atoms with Crippen molar-refractivity contribution in [2.75, 3.05) is 13.7 Å². The molecule has 0 spiro atoms. The van der Waals surface area contributed by atoms with Crippen LogP contribution in [0, 0.1) is 0 Å². The molecule has 1 aromatic heterocycles. The highest BCUT2D eigenvalue weighted by atomic mass is 79.9. The fourth-order valence-corrected chi connectivity index (χ4v) is 2.14. The zero-order valence-electron chi connectivity index (χ0n) is 10.5. The molecular weight excluding hydrogens is 308 g/mol. The maximum absolute atomic E-state index is 5.88. The first-order valence-corrected chi connectivity index (χ1v) is 6.64. The van der Waals surface area contributed by atoms with Gasteiger partial charge in [-0.1, -0.05) is 18.2 Å². The molecule has 5 heteroatoms. The first-order valence-electron chi connectivity index (χ1n) is 5.84. The molecule has 0 saturated carbocycles. The maximum atomic E-state index is 5.88. The van der Waals surface area contributed by atoms with E-state index in [1.807, 2.05) is 30.3 Å². The van der Waals surface area contributed by atoms with Gasteiger partial charge < -0.3 is 15.2 Å². The summed E-state index contributed by atoms with van der Waals surface area (Å²) in [5.74, 6) is 1.43. The van der Waals surface area contributed by atoms with Crippen LogP contribution in [-0.4, -0.2) is 18.6 Å². The molecular formula is C14H15BrN2O2. The van der Waals surface area contributed by atoms with Crippen LogP contribution in [0.3, 0.4) is 0 Å². The van der Waals surface area contributed by atoms with Crippen LogP contribution >= 0.6 is 15.9 Å². The number of hydrogen-bond donors (Lipinski definition) is 1. The molecule has 100 valence electrons. The van der Waals surface area contributed by atoms with Crippen LogP contribution in [0.15, 0.2) is 47.2 Å². The van der Waals surface area contributed by atoms with Gasteiger partial charge in [-0.3, -0.25) is 4.98 Å². The number of nitrogens with zero attached hydrogens (tertiary/aromatic N) is 1. The molecule has 0 amide bonds. The minimum Gasteiger partial charge on any atom is -0.496 e. The van der Waals surface area contributed by atoms with Gasteiger partial charge in [0.1, 0.15) is 17.6 Å². The third-order valence-electron chi connectivity index (χ3n) is 2.66. The molecule has 0 saturated heterocycles. The van der Waals surface area contributed by atoms with E-state index >= 15 is 0 Å². The van der Waals surface area contributed by atoms with E-state index in [-0.39, 0.29) is 6.10 Å². The number of ether oxygens (including phenoxy) is 2. The zero-order valence-corrected chi connectivity index (χ0v) is 12.1. The van der Waals surface area contributed by atoms with Crippen molar-refractivity contribution in [3.8, 4) is 11.5 Å². The van der Waals surface area contributed by atoms with Gasteiger partial charge in [-0.2, -0.15) is 0 Å². The van der Waals surface area contributed by atoms with E-state index in [0.29, 0.717) is 12.3 Å². The van der Waals surface area contributed by atoms with E-state index in [4.69, 9.17) is 15.2 Å². The van der Waals surface area contributed by atoms with Crippen molar-refractivity contribution < 1.29 is 9.47 Å². The topological polar surface area (TPSA) is 57.4 Å². The second kappa shape index (κ2) is 6.54. The van der Waals surface area contributed by atoms with Crippen LogP contribution in [0.2, 0.25) is 0 Å². The Balaban J connectivity index is 2.25. The average Bonchev–Trinajstić information content (AvgIpc) is 2.45. The van der Waals surface area contributed by atoms with Crippen molar-refractivity contribution in [1.29, 1.82) is 0 Å². The summed E-state index contributed by atoms with van der Waals surface area (Å²) >= 11 is 3.36. The third-order valence-corrected chi connectivity index (χ3v) is 3.09. The van der Waals surface area contributed by atoms with E-state index < -0.39 is 0 Å². The Morgan fingerprint density at radius 3 is 2.79 bits per heavy atom. The summed E-state index contributed by atoms with van der Waals surface area (Å²) in [6.07, 6.45) is 3.09. The molecule has 19 heavy (non-hydrogen) atoms. The average molecular weight is 323 g/mol. The second-order valence-corrected chi connectivity index (χ2v) is 4.84. The fraction of sp³-hybridized carbons (Fsp3) is 0.214. The van der Waals surface area contributed by atoms with E-state index in [9.17, 15) is 0 Å². The highest BCUT2D eigenvalue weighted by molar-refractivity contribution is 9.10.